The normalized spacial score (nSPS) is 17.0. The molecule has 1 N–H and O–H groups in total. The zero-order chi connectivity index (χ0) is 16.3. The van der Waals surface area contributed by atoms with Gasteiger partial charge in [0, 0.05) is 25.4 Å². The van der Waals surface area contributed by atoms with Crippen LogP contribution in [0.5, 0.6) is 0 Å². The van der Waals surface area contributed by atoms with Crippen molar-refractivity contribution in [3.8, 4) is 0 Å². The Kier molecular flexibility index (Phi) is 4.89. The van der Waals surface area contributed by atoms with Crippen LogP contribution in [0.4, 0.5) is 0 Å². The van der Waals surface area contributed by atoms with E-state index in [0.717, 1.165) is 12.8 Å². The summed E-state index contributed by atoms with van der Waals surface area (Å²) in [6.07, 6.45) is 2.35. The average molecular weight is 302 g/mol. The molecule has 1 unspecified atom stereocenters. The van der Waals surface area contributed by atoms with Crippen molar-refractivity contribution in [3.63, 3.8) is 0 Å². The van der Waals surface area contributed by atoms with Gasteiger partial charge in [-0.15, -0.1) is 0 Å². The second-order valence-electron chi connectivity index (χ2n) is 7.01. The zero-order valence-electron chi connectivity index (χ0n) is 14.0. The molecule has 2 rings (SSSR count). The summed E-state index contributed by atoms with van der Waals surface area (Å²) < 4.78 is 0. The van der Waals surface area contributed by atoms with Crippen molar-refractivity contribution in [2.45, 2.75) is 46.1 Å². The Morgan fingerprint density at radius 1 is 1.27 bits per heavy atom. The number of nitrogens with zero attached hydrogens (tertiary/aromatic N) is 1. The molecular weight excluding hydrogens is 276 g/mol. The number of nitrogens with one attached hydrogen (secondary N) is 1. The van der Waals surface area contributed by atoms with Gasteiger partial charge < -0.3 is 10.2 Å². The molecule has 0 fully saturated rings. The molecule has 4 heteroatoms. The molecule has 1 aliphatic rings. The third-order valence-electron chi connectivity index (χ3n) is 4.27. The summed E-state index contributed by atoms with van der Waals surface area (Å²) in [4.78, 5) is 26.0. The molecule has 120 valence electrons. The molecule has 1 aromatic rings. The van der Waals surface area contributed by atoms with E-state index in [-0.39, 0.29) is 17.9 Å². The first kappa shape index (κ1) is 16.5. The average Bonchev–Trinajstić information content (AvgIpc) is 2.89. The fraction of sp³-hybridized carbons (Fsp3) is 0.556. The van der Waals surface area contributed by atoms with Gasteiger partial charge in [-0.1, -0.05) is 45.0 Å². The SMILES string of the molecule is CN(C(=O)CCNC(=O)C(C)(C)C)C1CCc2ccccc21. The summed E-state index contributed by atoms with van der Waals surface area (Å²) in [7, 11) is 1.86. The van der Waals surface area contributed by atoms with E-state index in [1.54, 1.807) is 0 Å². The lowest BCUT2D eigenvalue weighted by molar-refractivity contribution is -0.132. The van der Waals surface area contributed by atoms with Crippen LogP contribution >= 0.6 is 0 Å². The molecule has 22 heavy (non-hydrogen) atoms. The molecule has 0 heterocycles. The van der Waals surface area contributed by atoms with Gasteiger partial charge in [-0.3, -0.25) is 9.59 Å². The van der Waals surface area contributed by atoms with Gasteiger partial charge in [-0.2, -0.15) is 0 Å². The molecule has 1 aliphatic carbocycles. The van der Waals surface area contributed by atoms with Crippen LogP contribution in [-0.4, -0.2) is 30.3 Å². The minimum absolute atomic E-state index is 0.0193. The number of benzene rings is 1. The molecule has 0 bridgehead atoms. The van der Waals surface area contributed by atoms with Crippen molar-refractivity contribution in [1.82, 2.24) is 10.2 Å². The number of amides is 2. The van der Waals surface area contributed by atoms with Crippen LogP contribution in [0.25, 0.3) is 0 Å². The number of hydrogen-bond acceptors (Lipinski definition) is 2. The summed E-state index contributed by atoms with van der Waals surface area (Å²) in [5, 5.41) is 2.83. The Morgan fingerprint density at radius 2 is 1.95 bits per heavy atom. The molecule has 2 amide bonds. The maximum atomic E-state index is 12.3. The number of carbonyl (C=O) groups is 2. The summed E-state index contributed by atoms with van der Waals surface area (Å²) >= 11 is 0. The lowest BCUT2D eigenvalue weighted by Crippen LogP contribution is -2.38. The van der Waals surface area contributed by atoms with Crippen LogP contribution in [0.3, 0.4) is 0 Å². The fourth-order valence-electron chi connectivity index (χ4n) is 2.84. The Bertz CT molecular complexity index is 560. The van der Waals surface area contributed by atoms with E-state index >= 15 is 0 Å². The van der Waals surface area contributed by atoms with E-state index in [1.165, 1.54) is 11.1 Å². The van der Waals surface area contributed by atoms with Gasteiger partial charge in [0.05, 0.1) is 6.04 Å². The number of carbonyl (C=O) groups excluding carboxylic acids is 2. The highest BCUT2D eigenvalue weighted by Gasteiger charge is 2.28. The topological polar surface area (TPSA) is 49.4 Å². The van der Waals surface area contributed by atoms with Crippen LogP contribution in [0.1, 0.15) is 50.8 Å². The second kappa shape index (κ2) is 6.51. The third-order valence-corrected chi connectivity index (χ3v) is 4.27. The standard InChI is InChI=1S/C18H26N2O2/c1-18(2,3)17(22)19-12-11-16(21)20(4)15-10-9-13-7-5-6-8-14(13)15/h5-8,15H,9-12H2,1-4H3,(H,19,22). The van der Waals surface area contributed by atoms with Gasteiger partial charge in [0.1, 0.15) is 0 Å². The van der Waals surface area contributed by atoms with E-state index in [0.29, 0.717) is 13.0 Å². The van der Waals surface area contributed by atoms with Crippen molar-refractivity contribution in [2.75, 3.05) is 13.6 Å². The first-order valence-corrected chi connectivity index (χ1v) is 7.92. The van der Waals surface area contributed by atoms with Gasteiger partial charge in [0.2, 0.25) is 11.8 Å². The fourth-order valence-corrected chi connectivity index (χ4v) is 2.84. The number of rotatable bonds is 4. The van der Waals surface area contributed by atoms with E-state index < -0.39 is 5.41 Å². The maximum Gasteiger partial charge on any atom is 0.225 e. The molecule has 0 radical (unpaired) electrons. The van der Waals surface area contributed by atoms with Gasteiger partial charge in [0.25, 0.3) is 0 Å². The minimum atomic E-state index is -0.417. The Balaban J connectivity index is 1.87. The van der Waals surface area contributed by atoms with Crippen LogP contribution < -0.4 is 5.32 Å². The summed E-state index contributed by atoms with van der Waals surface area (Å²) in [5.74, 6) is 0.0603. The van der Waals surface area contributed by atoms with Crippen molar-refractivity contribution in [2.24, 2.45) is 5.41 Å². The highest BCUT2D eigenvalue weighted by Crippen LogP contribution is 2.34. The van der Waals surface area contributed by atoms with Gasteiger partial charge in [0.15, 0.2) is 0 Å². The van der Waals surface area contributed by atoms with Crippen molar-refractivity contribution in [1.29, 1.82) is 0 Å². The van der Waals surface area contributed by atoms with Gasteiger partial charge in [-0.05, 0) is 24.0 Å². The Hall–Kier alpha value is -1.84. The highest BCUT2D eigenvalue weighted by molar-refractivity contribution is 5.82. The molecule has 4 nitrogen and oxygen atoms in total. The van der Waals surface area contributed by atoms with Gasteiger partial charge in [-0.25, -0.2) is 0 Å². The predicted octanol–water partition coefficient (Wildman–Crippen LogP) is 2.68. The van der Waals surface area contributed by atoms with Crippen LogP contribution in [0.15, 0.2) is 24.3 Å². The lowest BCUT2D eigenvalue weighted by atomic mass is 9.96. The van der Waals surface area contributed by atoms with Crippen LogP contribution in [-0.2, 0) is 16.0 Å². The minimum Gasteiger partial charge on any atom is -0.355 e. The first-order valence-electron chi connectivity index (χ1n) is 7.92. The Morgan fingerprint density at radius 3 is 2.64 bits per heavy atom. The first-order chi connectivity index (χ1) is 10.3. The maximum absolute atomic E-state index is 12.3. The Labute approximate surface area is 132 Å². The van der Waals surface area contributed by atoms with E-state index in [2.05, 4.69) is 17.4 Å². The van der Waals surface area contributed by atoms with Crippen molar-refractivity contribution >= 4 is 11.8 Å². The molecular formula is C18H26N2O2. The molecule has 0 aliphatic heterocycles. The van der Waals surface area contributed by atoms with Crippen LogP contribution in [0, 0.1) is 5.41 Å². The summed E-state index contributed by atoms with van der Waals surface area (Å²) in [6.45, 7) is 6.00. The van der Waals surface area contributed by atoms with E-state index in [4.69, 9.17) is 0 Å². The van der Waals surface area contributed by atoms with E-state index in [9.17, 15) is 9.59 Å². The molecule has 1 aromatic carbocycles. The smallest absolute Gasteiger partial charge is 0.225 e. The zero-order valence-corrected chi connectivity index (χ0v) is 14.0. The summed E-state index contributed by atoms with van der Waals surface area (Å²) in [6, 6.07) is 8.49. The van der Waals surface area contributed by atoms with Crippen molar-refractivity contribution in [3.05, 3.63) is 35.4 Å². The monoisotopic (exact) mass is 302 g/mol. The van der Waals surface area contributed by atoms with Crippen molar-refractivity contribution < 1.29 is 9.59 Å². The summed E-state index contributed by atoms with van der Waals surface area (Å²) in [5.41, 5.74) is 2.18. The van der Waals surface area contributed by atoms with E-state index in [1.807, 2.05) is 44.9 Å². The van der Waals surface area contributed by atoms with Crippen LogP contribution in [0.2, 0.25) is 0 Å². The molecule has 1 atom stereocenters. The largest absolute Gasteiger partial charge is 0.355 e. The number of fused-ring (bicyclic) bond motifs is 1. The lowest BCUT2D eigenvalue weighted by Gasteiger charge is -2.26. The van der Waals surface area contributed by atoms with Gasteiger partial charge >= 0.3 is 0 Å². The highest BCUT2D eigenvalue weighted by atomic mass is 16.2. The molecule has 0 spiro atoms. The second-order valence-corrected chi connectivity index (χ2v) is 7.01. The molecule has 0 saturated heterocycles. The number of aryl methyl sites for hydroxylation is 1. The quantitative estimate of drug-likeness (QED) is 0.929. The molecule has 0 saturated carbocycles. The number of hydrogen-bond donors (Lipinski definition) is 1. The molecule has 0 aromatic heterocycles. The predicted molar refractivity (Wildman–Crippen MR) is 87.4 cm³/mol. The third kappa shape index (κ3) is 3.67.